The van der Waals surface area contributed by atoms with E-state index in [9.17, 15) is 9.59 Å². The van der Waals surface area contributed by atoms with Gasteiger partial charge in [0.2, 0.25) is 5.91 Å². The van der Waals surface area contributed by atoms with E-state index in [0.29, 0.717) is 29.2 Å². The highest BCUT2D eigenvalue weighted by atomic mass is 35.5. The number of benzene rings is 2. The summed E-state index contributed by atoms with van der Waals surface area (Å²) < 4.78 is 5.33. The number of carbonyl (C=O) groups is 2. The first-order valence-corrected chi connectivity index (χ1v) is 8.62. The molecule has 1 fully saturated rings. The van der Waals surface area contributed by atoms with Crippen LogP contribution in [0.1, 0.15) is 23.1 Å². The molecular formula is C20H17ClN2O3. The predicted octanol–water partition coefficient (Wildman–Crippen LogP) is 3.30. The fraction of sp³-hybridized carbons (Fsp3) is 0.250. The van der Waals surface area contributed by atoms with Crippen LogP contribution in [0.15, 0.2) is 48.5 Å². The van der Waals surface area contributed by atoms with Crippen molar-refractivity contribution in [1.29, 1.82) is 5.26 Å². The SMILES string of the molecule is N#Cc1ccccc1COC(=O)[C@@H]1CC(=O)N(Cc2ccccc2Cl)C1. The van der Waals surface area contributed by atoms with Gasteiger partial charge in [-0.25, -0.2) is 0 Å². The molecule has 0 unspecified atom stereocenters. The van der Waals surface area contributed by atoms with Gasteiger partial charge in [-0.05, 0) is 17.7 Å². The maximum atomic E-state index is 12.3. The Kier molecular flexibility index (Phi) is 5.55. The van der Waals surface area contributed by atoms with Crippen molar-refractivity contribution in [3.63, 3.8) is 0 Å². The lowest BCUT2D eigenvalue weighted by molar-refractivity contribution is -0.149. The molecule has 1 saturated heterocycles. The van der Waals surface area contributed by atoms with E-state index in [0.717, 1.165) is 5.56 Å². The maximum absolute atomic E-state index is 12.3. The molecule has 0 spiro atoms. The Morgan fingerprint density at radius 2 is 1.88 bits per heavy atom. The summed E-state index contributed by atoms with van der Waals surface area (Å²) in [5.74, 6) is -1.02. The molecule has 2 aromatic rings. The van der Waals surface area contributed by atoms with Gasteiger partial charge in [-0.2, -0.15) is 5.26 Å². The number of ether oxygens (including phenoxy) is 1. The second kappa shape index (κ2) is 8.03. The van der Waals surface area contributed by atoms with Crippen LogP contribution in [-0.4, -0.2) is 23.3 Å². The van der Waals surface area contributed by atoms with Crippen molar-refractivity contribution < 1.29 is 14.3 Å². The van der Waals surface area contributed by atoms with E-state index in [1.165, 1.54) is 0 Å². The van der Waals surface area contributed by atoms with Crippen LogP contribution in [0.3, 0.4) is 0 Å². The molecule has 1 aliphatic heterocycles. The second-order valence-electron chi connectivity index (χ2n) is 6.14. The minimum atomic E-state index is -0.501. The van der Waals surface area contributed by atoms with Gasteiger partial charge in [-0.1, -0.05) is 48.0 Å². The molecule has 26 heavy (non-hydrogen) atoms. The minimum absolute atomic E-state index is 0.0256. The molecule has 1 aliphatic rings. The van der Waals surface area contributed by atoms with Crippen molar-refractivity contribution in [3.05, 3.63) is 70.2 Å². The molecule has 6 heteroatoms. The number of rotatable bonds is 5. The molecular weight excluding hydrogens is 352 g/mol. The molecule has 0 bridgehead atoms. The molecule has 0 N–H and O–H groups in total. The number of esters is 1. The third-order valence-corrected chi connectivity index (χ3v) is 4.74. The number of likely N-dealkylation sites (tertiary alicyclic amines) is 1. The molecule has 0 saturated carbocycles. The van der Waals surface area contributed by atoms with Gasteiger partial charge >= 0.3 is 5.97 Å². The van der Waals surface area contributed by atoms with E-state index >= 15 is 0 Å². The zero-order valence-corrected chi connectivity index (χ0v) is 14.8. The first kappa shape index (κ1) is 18.0. The Bertz CT molecular complexity index is 875. The fourth-order valence-electron chi connectivity index (χ4n) is 2.94. The summed E-state index contributed by atoms with van der Waals surface area (Å²) >= 11 is 6.14. The molecule has 3 rings (SSSR count). The van der Waals surface area contributed by atoms with Gasteiger partial charge in [-0.15, -0.1) is 0 Å². The van der Waals surface area contributed by atoms with Crippen molar-refractivity contribution in [1.82, 2.24) is 4.90 Å². The molecule has 2 aromatic carbocycles. The summed E-state index contributed by atoms with van der Waals surface area (Å²) in [6, 6.07) is 16.4. The predicted molar refractivity (Wildman–Crippen MR) is 95.9 cm³/mol. The lowest BCUT2D eigenvalue weighted by Gasteiger charge is -2.17. The maximum Gasteiger partial charge on any atom is 0.311 e. The van der Waals surface area contributed by atoms with Gasteiger partial charge in [0.15, 0.2) is 0 Å². The lowest BCUT2D eigenvalue weighted by atomic mass is 10.1. The van der Waals surface area contributed by atoms with E-state index in [1.54, 1.807) is 35.2 Å². The fourth-order valence-corrected chi connectivity index (χ4v) is 3.13. The molecule has 1 atom stereocenters. The summed E-state index contributed by atoms with van der Waals surface area (Å²) in [5, 5.41) is 9.67. The zero-order chi connectivity index (χ0) is 18.5. The van der Waals surface area contributed by atoms with Crippen molar-refractivity contribution in [3.8, 4) is 6.07 Å². The average Bonchev–Trinajstić information content (AvgIpc) is 3.02. The van der Waals surface area contributed by atoms with Crippen LogP contribution in [0.5, 0.6) is 0 Å². The Balaban J connectivity index is 1.59. The largest absolute Gasteiger partial charge is 0.460 e. The molecule has 132 valence electrons. The number of carbonyl (C=O) groups excluding carboxylic acids is 2. The molecule has 0 radical (unpaired) electrons. The lowest BCUT2D eigenvalue weighted by Crippen LogP contribution is -2.26. The summed E-state index contributed by atoms with van der Waals surface area (Å²) in [4.78, 5) is 26.2. The van der Waals surface area contributed by atoms with E-state index in [4.69, 9.17) is 21.6 Å². The van der Waals surface area contributed by atoms with Crippen molar-refractivity contribution in [2.24, 2.45) is 5.92 Å². The van der Waals surface area contributed by atoms with Gasteiger partial charge in [0.1, 0.15) is 6.61 Å². The Morgan fingerprint density at radius 3 is 2.62 bits per heavy atom. The highest BCUT2D eigenvalue weighted by Crippen LogP contribution is 2.24. The summed E-state index contributed by atoms with van der Waals surface area (Å²) in [6.45, 7) is 0.708. The minimum Gasteiger partial charge on any atom is -0.460 e. The van der Waals surface area contributed by atoms with Crippen LogP contribution >= 0.6 is 11.6 Å². The standard InChI is InChI=1S/C20H17ClN2O3/c21-18-8-4-3-6-15(18)11-23-12-17(9-19(23)24)20(25)26-13-16-7-2-1-5-14(16)10-22/h1-8,17H,9,11-13H2/t17-/m1/s1. The first-order valence-electron chi connectivity index (χ1n) is 8.24. The topological polar surface area (TPSA) is 70.4 Å². The van der Waals surface area contributed by atoms with Crippen LogP contribution in [0.4, 0.5) is 0 Å². The summed E-state index contributed by atoms with van der Waals surface area (Å²) in [6.07, 6.45) is 0.128. The van der Waals surface area contributed by atoms with Gasteiger partial charge in [0.05, 0.1) is 17.6 Å². The molecule has 1 heterocycles. The number of hydrogen-bond acceptors (Lipinski definition) is 4. The van der Waals surface area contributed by atoms with E-state index in [1.807, 2.05) is 18.2 Å². The van der Waals surface area contributed by atoms with E-state index in [2.05, 4.69) is 6.07 Å². The first-order chi connectivity index (χ1) is 12.6. The van der Waals surface area contributed by atoms with E-state index in [-0.39, 0.29) is 18.9 Å². The van der Waals surface area contributed by atoms with Crippen LogP contribution in [0, 0.1) is 17.2 Å². The molecule has 0 aliphatic carbocycles. The number of halogens is 1. The molecule has 1 amide bonds. The number of nitrogens with zero attached hydrogens (tertiary/aromatic N) is 2. The van der Waals surface area contributed by atoms with E-state index < -0.39 is 11.9 Å². The third kappa shape index (κ3) is 4.04. The summed E-state index contributed by atoms with van der Waals surface area (Å²) in [5.41, 5.74) is 1.98. The van der Waals surface area contributed by atoms with Gasteiger partial charge < -0.3 is 9.64 Å². The van der Waals surface area contributed by atoms with Crippen LogP contribution in [-0.2, 0) is 27.5 Å². The number of hydrogen-bond donors (Lipinski definition) is 0. The van der Waals surface area contributed by atoms with Crippen molar-refractivity contribution in [2.45, 2.75) is 19.6 Å². The Labute approximate surface area is 156 Å². The second-order valence-corrected chi connectivity index (χ2v) is 6.55. The molecule has 0 aromatic heterocycles. The van der Waals surface area contributed by atoms with Crippen molar-refractivity contribution >= 4 is 23.5 Å². The van der Waals surface area contributed by atoms with Crippen LogP contribution < -0.4 is 0 Å². The van der Waals surface area contributed by atoms with Gasteiger partial charge in [-0.3, -0.25) is 9.59 Å². The number of nitriles is 1. The quantitative estimate of drug-likeness (QED) is 0.759. The summed E-state index contributed by atoms with van der Waals surface area (Å²) in [7, 11) is 0. The molecule has 5 nitrogen and oxygen atoms in total. The number of amides is 1. The van der Waals surface area contributed by atoms with Gasteiger partial charge in [0.25, 0.3) is 0 Å². The smallest absolute Gasteiger partial charge is 0.311 e. The average molecular weight is 369 g/mol. The zero-order valence-electron chi connectivity index (χ0n) is 14.0. The Morgan fingerprint density at radius 1 is 1.19 bits per heavy atom. The Hall–Kier alpha value is -2.84. The van der Waals surface area contributed by atoms with Crippen LogP contribution in [0.25, 0.3) is 0 Å². The van der Waals surface area contributed by atoms with Gasteiger partial charge in [0, 0.05) is 30.1 Å². The van der Waals surface area contributed by atoms with Crippen molar-refractivity contribution in [2.75, 3.05) is 6.54 Å². The highest BCUT2D eigenvalue weighted by molar-refractivity contribution is 6.31. The normalized spacial score (nSPS) is 16.4. The highest BCUT2D eigenvalue weighted by Gasteiger charge is 2.35. The third-order valence-electron chi connectivity index (χ3n) is 4.37. The van der Waals surface area contributed by atoms with Crippen LogP contribution in [0.2, 0.25) is 5.02 Å². The monoisotopic (exact) mass is 368 g/mol.